The number of thiophene rings is 1. The van der Waals surface area contributed by atoms with Crippen LogP contribution < -0.4 is 4.90 Å². The summed E-state index contributed by atoms with van der Waals surface area (Å²) >= 11 is 1.30. The Kier molecular flexibility index (Phi) is 5.89. The van der Waals surface area contributed by atoms with Gasteiger partial charge in [0.2, 0.25) is 0 Å². The van der Waals surface area contributed by atoms with E-state index in [9.17, 15) is 9.59 Å². The van der Waals surface area contributed by atoms with E-state index in [-0.39, 0.29) is 11.7 Å². The molecule has 1 saturated heterocycles. The van der Waals surface area contributed by atoms with Crippen molar-refractivity contribution in [2.75, 3.05) is 26.2 Å². The molecule has 1 aromatic carbocycles. The minimum atomic E-state index is 0.0202. The fourth-order valence-electron chi connectivity index (χ4n) is 3.31. The molecule has 2 aromatic rings. The van der Waals surface area contributed by atoms with Gasteiger partial charge < -0.3 is 9.80 Å². The van der Waals surface area contributed by atoms with E-state index in [1.54, 1.807) is 12.1 Å². The molecule has 1 fully saturated rings. The maximum atomic E-state index is 12.6. The Balaban J connectivity index is 1.53. The average molecular weight is 372 g/mol. The van der Waals surface area contributed by atoms with Crippen molar-refractivity contribution in [1.29, 1.82) is 0 Å². The Morgan fingerprint density at radius 3 is 2.19 bits per heavy atom. The Labute approximate surface area is 159 Å². The molecule has 1 aromatic heterocycles. The summed E-state index contributed by atoms with van der Waals surface area (Å²) in [6.07, 6.45) is 0. The highest BCUT2D eigenvalue weighted by Crippen LogP contribution is 2.19. The van der Waals surface area contributed by atoms with Crippen molar-refractivity contribution in [3.8, 4) is 0 Å². The molecule has 0 saturated carbocycles. The van der Waals surface area contributed by atoms with Gasteiger partial charge in [0.05, 0.1) is 35.9 Å². The summed E-state index contributed by atoms with van der Waals surface area (Å²) in [4.78, 5) is 28.8. The number of hydrogen-bond donors (Lipinski definition) is 1. The third kappa shape index (κ3) is 4.40. The second-order valence-corrected chi connectivity index (χ2v) is 8.42. The van der Waals surface area contributed by atoms with Gasteiger partial charge in [-0.05, 0) is 30.5 Å². The van der Waals surface area contributed by atoms with Crippen molar-refractivity contribution in [2.45, 2.75) is 33.2 Å². The van der Waals surface area contributed by atoms with Gasteiger partial charge in [-0.15, -0.1) is 11.3 Å². The van der Waals surface area contributed by atoms with Gasteiger partial charge in [0.15, 0.2) is 5.78 Å². The zero-order valence-electron chi connectivity index (χ0n) is 15.7. The predicted molar refractivity (Wildman–Crippen MR) is 105 cm³/mol. The number of ketones is 1. The highest BCUT2D eigenvalue weighted by atomic mass is 32.1. The zero-order chi connectivity index (χ0) is 18.7. The standard InChI is InChI=1S/C21H26N2O2S/c1-15(2)18-6-4-17(5-7-18)14-22-10-12-23(13-11-22)21(25)20-9-8-19(26-20)16(3)24/h4-9,15H,10-14H2,1-3H3/p+1. The normalized spacial score (nSPS) is 15.5. The van der Waals surface area contributed by atoms with E-state index in [1.165, 1.54) is 34.3 Å². The lowest BCUT2D eigenvalue weighted by Crippen LogP contribution is -3.13. The molecule has 0 atom stereocenters. The number of benzene rings is 1. The Morgan fingerprint density at radius 2 is 1.65 bits per heavy atom. The monoisotopic (exact) mass is 371 g/mol. The van der Waals surface area contributed by atoms with Crippen LogP contribution in [0.3, 0.4) is 0 Å². The van der Waals surface area contributed by atoms with Crippen molar-refractivity contribution < 1.29 is 14.5 Å². The number of nitrogens with zero attached hydrogens (tertiary/aromatic N) is 1. The molecular formula is C21H27N2O2S+. The van der Waals surface area contributed by atoms with Crippen LogP contribution >= 0.6 is 11.3 Å². The van der Waals surface area contributed by atoms with Crippen molar-refractivity contribution in [2.24, 2.45) is 0 Å². The van der Waals surface area contributed by atoms with E-state index in [1.807, 2.05) is 4.90 Å². The summed E-state index contributed by atoms with van der Waals surface area (Å²) in [6.45, 7) is 10.4. The summed E-state index contributed by atoms with van der Waals surface area (Å²) in [5.74, 6) is 0.640. The van der Waals surface area contributed by atoms with Crippen molar-refractivity contribution in [3.63, 3.8) is 0 Å². The topological polar surface area (TPSA) is 41.8 Å². The van der Waals surface area contributed by atoms with E-state index in [4.69, 9.17) is 0 Å². The molecule has 138 valence electrons. The maximum absolute atomic E-state index is 12.6. The van der Waals surface area contributed by atoms with Crippen LogP contribution in [0.5, 0.6) is 0 Å². The van der Waals surface area contributed by atoms with Crippen LogP contribution in [0, 0.1) is 0 Å². The van der Waals surface area contributed by atoms with Crippen LogP contribution in [0.15, 0.2) is 36.4 Å². The molecule has 1 N–H and O–H groups in total. The molecule has 1 amide bonds. The smallest absolute Gasteiger partial charge is 0.264 e. The summed E-state index contributed by atoms with van der Waals surface area (Å²) < 4.78 is 0. The Morgan fingerprint density at radius 1 is 1.04 bits per heavy atom. The number of amides is 1. The molecule has 0 bridgehead atoms. The van der Waals surface area contributed by atoms with Crippen LogP contribution in [-0.4, -0.2) is 42.8 Å². The first-order valence-corrected chi connectivity index (χ1v) is 10.1. The van der Waals surface area contributed by atoms with Crippen LogP contribution in [0.2, 0.25) is 0 Å². The van der Waals surface area contributed by atoms with Crippen LogP contribution in [0.1, 0.15) is 57.2 Å². The highest BCUT2D eigenvalue weighted by molar-refractivity contribution is 7.15. The average Bonchev–Trinajstić information content (AvgIpc) is 3.13. The molecule has 26 heavy (non-hydrogen) atoms. The van der Waals surface area contributed by atoms with Gasteiger partial charge in [0.25, 0.3) is 5.91 Å². The van der Waals surface area contributed by atoms with Gasteiger partial charge in [-0.1, -0.05) is 38.1 Å². The zero-order valence-corrected chi connectivity index (χ0v) is 16.6. The molecule has 2 heterocycles. The molecule has 3 rings (SSSR count). The first kappa shape index (κ1) is 18.8. The van der Waals surface area contributed by atoms with Gasteiger partial charge >= 0.3 is 0 Å². The fourth-order valence-corrected chi connectivity index (χ4v) is 4.18. The van der Waals surface area contributed by atoms with Gasteiger partial charge in [-0.3, -0.25) is 9.59 Å². The molecule has 5 heteroatoms. The third-order valence-electron chi connectivity index (χ3n) is 5.02. The number of quaternary nitrogens is 1. The molecule has 1 aliphatic heterocycles. The lowest BCUT2D eigenvalue weighted by atomic mass is 10.0. The lowest BCUT2D eigenvalue weighted by Gasteiger charge is -2.32. The molecule has 4 nitrogen and oxygen atoms in total. The summed E-state index contributed by atoms with van der Waals surface area (Å²) in [5.41, 5.74) is 2.73. The third-order valence-corrected chi connectivity index (χ3v) is 6.20. The minimum absolute atomic E-state index is 0.0202. The van der Waals surface area contributed by atoms with Crippen LogP contribution in [-0.2, 0) is 6.54 Å². The number of carbonyl (C=O) groups is 2. The lowest BCUT2D eigenvalue weighted by molar-refractivity contribution is -0.917. The fraction of sp³-hybridized carbons (Fsp3) is 0.429. The predicted octanol–water partition coefficient (Wildman–Crippen LogP) is 2.62. The van der Waals surface area contributed by atoms with Gasteiger partial charge in [0, 0.05) is 5.56 Å². The highest BCUT2D eigenvalue weighted by Gasteiger charge is 2.25. The maximum Gasteiger partial charge on any atom is 0.264 e. The van der Waals surface area contributed by atoms with Crippen LogP contribution in [0.25, 0.3) is 0 Å². The van der Waals surface area contributed by atoms with E-state index < -0.39 is 0 Å². The van der Waals surface area contributed by atoms with E-state index >= 15 is 0 Å². The number of Topliss-reactive ketones (excluding diaryl/α,β-unsaturated/α-hetero) is 1. The Hall–Kier alpha value is -1.98. The van der Waals surface area contributed by atoms with Crippen molar-refractivity contribution >= 4 is 23.0 Å². The summed E-state index contributed by atoms with van der Waals surface area (Å²) in [6, 6.07) is 12.4. The molecule has 0 spiro atoms. The second kappa shape index (κ2) is 8.14. The number of piperazine rings is 1. The number of nitrogens with one attached hydrogen (secondary N) is 1. The largest absolute Gasteiger partial charge is 0.328 e. The van der Waals surface area contributed by atoms with Gasteiger partial charge in [0.1, 0.15) is 6.54 Å². The first-order valence-electron chi connectivity index (χ1n) is 9.26. The SMILES string of the molecule is CC(=O)c1ccc(C(=O)N2CC[NH+](Cc3ccc(C(C)C)cc3)CC2)s1. The van der Waals surface area contributed by atoms with E-state index in [0.29, 0.717) is 15.7 Å². The van der Waals surface area contributed by atoms with Crippen molar-refractivity contribution in [3.05, 3.63) is 57.3 Å². The molecule has 0 aliphatic carbocycles. The molecule has 1 aliphatic rings. The quantitative estimate of drug-likeness (QED) is 0.821. The van der Waals surface area contributed by atoms with Gasteiger partial charge in [-0.2, -0.15) is 0 Å². The number of carbonyl (C=O) groups excluding carboxylic acids is 2. The molecule has 0 radical (unpaired) electrons. The summed E-state index contributed by atoms with van der Waals surface area (Å²) in [5, 5.41) is 0. The number of rotatable bonds is 5. The second-order valence-electron chi connectivity index (χ2n) is 7.34. The summed E-state index contributed by atoms with van der Waals surface area (Å²) in [7, 11) is 0. The van der Waals surface area contributed by atoms with Crippen LogP contribution in [0.4, 0.5) is 0 Å². The molecule has 0 unspecified atom stereocenters. The van der Waals surface area contributed by atoms with E-state index in [2.05, 4.69) is 38.1 Å². The van der Waals surface area contributed by atoms with Crippen molar-refractivity contribution in [1.82, 2.24) is 4.90 Å². The van der Waals surface area contributed by atoms with Gasteiger partial charge in [-0.25, -0.2) is 0 Å². The first-order chi connectivity index (χ1) is 12.4. The minimum Gasteiger partial charge on any atom is -0.328 e. The number of hydrogen-bond acceptors (Lipinski definition) is 3. The Bertz CT molecular complexity index is 772. The van der Waals surface area contributed by atoms with E-state index in [0.717, 1.165) is 32.7 Å². The molecular weight excluding hydrogens is 344 g/mol.